The Bertz CT molecular complexity index is 1660. The van der Waals surface area contributed by atoms with Gasteiger partial charge >= 0.3 is 196 Å². The summed E-state index contributed by atoms with van der Waals surface area (Å²) in [5.41, 5.74) is 6.68. The zero-order valence-corrected chi connectivity index (χ0v) is 21.4. The van der Waals surface area contributed by atoms with E-state index in [1.54, 1.807) is 0 Å². The van der Waals surface area contributed by atoms with Gasteiger partial charge in [-0.25, -0.2) is 0 Å². The molecule has 4 nitrogen and oxygen atoms in total. The molecule has 0 saturated heterocycles. The van der Waals surface area contributed by atoms with Crippen LogP contribution in [-0.4, -0.2) is 27.8 Å². The first kappa shape index (κ1) is 20.2. The van der Waals surface area contributed by atoms with Crippen molar-refractivity contribution in [2.45, 2.75) is 24.2 Å². The van der Waals surface area contributed by atoms with E-state index in [1.807, 2.05) is 12.3 Å². The van der Waals surface area contributed by atoms with Gasteiger partial charge in [0.05, 0.1) is 0 Å². The van der Waals surface area contributed by atoms with Crippen molar-refractivity contribution in [3.05, 3.63) is 84.6 Å². The number of fused-ring (bicyclic) bond motifs is 4. The zero-order valence-electron chi connectivity index (χ0n) is 19.3. The van der Waals surface area contributed by atoms with E-state index < -0.39 is 13.3 Å². The molecular weight excluding hydrogens is 467 g/mol. The summed E-state index contributed by atoms with van der Waals surface area (Å²) in [5, 5.41) is 2.27. The molecule has 0 spiro atoms. The van der Waals surface area contributed by atoms with Gasteiger partial charge < -0.3 is 0 Å². The van der Waals surface area contributed by atoms with Gasteiger partial charge in [-0.05, 0) is 0 Å². The van der Waals surface area contributed by atoms with Crippen LogP contribution in [-0.2, 0) is 0 Å². The number of aromatic nitrogens is 3. The Hall–Kier alpha value is -3.38. The van der Waals surface area contributed by atoms with Crippen molar-refractivity contribution in [3.63, 3.8) is 0 Å². The Morgan fingerprint density at radius 1 is 0.848 bits per heavy atom. The summed E-state index contributed by atoms with van der Waals surface area (Å²) in [5.74, 6) is 8.07. The Morgan fingerprint density at radius 3 is 2.45 bits per heavy atom. The number of imidazole rings is 1. The standard InChI is InChI=1S/C28H25GeN3O/c1-18-15-24-27(30-17-18)31-28(32(24)20-9-6-5-7-10-20)23-12-8-11-22-21-14-13-19(29(2,3)4)16-25(21)33-26(22)23/h5-17H,1-4H3. The van der Waals surface area contributed by atoms with E-state index in [9.17, 15) is 0 Å². The third kappa shape index (κ3) is 3.28. The molecule has 0 radical (unpaired) electrons. The van der Waals surface area contributed by atoms with E-state index in [1.165, 1.54) is 4.40 Å². The molecule has 0 aliphatic carbocycles. The Balaban J connectivity index is 1.68. The van der Waals surface area contributed by atoms with Crippen LogP contribution >= 0.6 is 0 Å². The molecule has 5 heteroatoms. The normalized spacial score (nSPS) is 12.2. The summed E-state index contributed by atoms with van der Waals surface area (Å²) < 4.78 is 10.2. The van der Waals surface area contributed by atoms with Crippen molar-refractivity contribution in [2.75, 3.05) is 0 Å². The van der Waals surface area contributed by atoms with Crippen molar-refractivity contribution >= 4 is 50.8 Å². The minimum atomic E-state index is -1.97. The average molecular weight is 492 g/mol. The molecule has 33 heavy (non-hydrogen) atoms. The molecule has 0 aliphatic rings. The SMILES string of the molecule is Cc1cnc2nc(-c3cccc4c3oc3c[c]([Ge]([CH3])([CH3])[CH3])ccc34)n(-c3ccccc3)c2c1. The summed E-state index contributed by atoms with van der Waals surface area (Å²) in [6.45, 7) is 2.06. The molecule has 6 rings (SSSR count). The summed E-state index contributed by atoms with van der Waals surface area (Å²) in [4.78, 5) is 9.60. The second-order valence-corrected chi connectivity index (χ2v) is 20.4. The van der Waals surface area contributed by atoms with Crippen LogP contribution < -0.4 is 4.40 Å². The van der Waals surface area contributed by atoms with Crippen molar-refractivity contribution < 1.29 is 4.42 Å². The van der Waals surface area contributed by atoms with Crippen LogP contribution in [0, 0.1) is 6.92 Å². The predicted molar refractivity (Wildman–Crippen MR) is 139 cm³/mol. The number of para-hydroxylation sites is 2. The van der Waals surface area contributed by atoms with Crippen molar-refractivity contribution in [1.82, 2.24) is 14.5 Å². The Labute approximate surface area is 195 Å². The third-order valence-corrected chi connectivity index (χ3v) is 10.6. The van der Waals surface area contributed by atoms with Gasteiger partial charge in [0.25, 0.3) is 0 Å². The zero-order chi connectivity index (χ0) is 22.7. The van der Waals surface area contributed by atoms with Crippen LogP contribution in [0.15, 0.2) is 83.4 Å². The fourth-order valence-electron chi connectivity index (χ4n) is 4.52. The second kappa shape index (κ2) is 7.32. The fraction of sp³-hybridized carbons (Fsp3) is 0.143. The summed E-state index contributed by atoms with van der Waals surface area (Å²) in [6, 6.07) is 25.6. The molecule has 3 aromatic carbocycles. The van der Waals surface area contributed by atoms with Gasteiger partial charge in [-0.1, -0.05) is 0 Å². The fourth-order valence-corrected chi connectivity index (χ4v) is 6.93. The molecule has 3 heterocycles. The van der Waals surface area contributed by atoms with Crippen LogP contribution in [0.2, 0.25) is 17.3 Å². The van der Waals surface area contributed by atoms with Gasteiger partial charge in [-0.3, -0.25) is 0 Å². The predicted octanol–water partition coefficient (Wildman–Crippen LogP) is 6.84. The number of pyridine rings is 1. The molecule has 0 bridgehead atoms. The molecular formula is C28H25GeN3O. The van der Waals surface area contributed by atoms with Crippen LogP contribution in [0.4, 0.5) is 0 Å². The van der Waals surface area contributed by atoms with Crippen LogP contribution in [0.5, 0.6) is 0 Å². The molecule has 0 atom stereocenters. The van der Waals surface area contributed by atoms with E-state index in [-0.39, 0.29) is 0 Å². The van der Waals surface area contributed by atoms with Gasteiger partial charge in [-0.2, -0.15) is 0 Å². The maximum atomic E-state index is 6.54. The quantitative estimate of drug-likeness (QED) is 0.254. The van der Waals surface area contributed by atoms with Crippen LogP contribution in [0.25, 0.3) is 50.2 Å². The number of benzene rings is 3. The van der Waals surface area contributed by atoms with Crippen LogP contribution in [0.3, 0.4) is 0 Å². The third-order valence-electron chi connectivity index (χ3n) is 6.27. The number of rotatable bonds is 3. The molecule has 0 amide bonds. The van der Waals surface area contributed by atoms with Crippen molar-refractivity contribution in [1.29, 1.82) is 0 Å². The van der Waals surface area contributed by atoms with Gasteiger partial charge in [0.2, 0.25) is 0 Å². The number of hydrogen-bond acceptors (Lipinski definition) is 3. The first-order valence-corrected chi connectivity index (χ1v) is 18.6. The first-order chi connectivity index (χ1) is 15.9. The molecule has 162 valence electrons. The Morgan fingerprint density at radius 2 is 1.67 bits per heavy atom. The molecule has 0 aliphatic heterocycles. The van der Waals surface area contributed by atoms with Gasteiger partial charge in [0.15, 0.2) is 0 Å². The van der Waals surface area contributed by atoms with Gasteiger partial charge in [0, 0.05) is 0 Å². The molecule has 0 unspecified atom stereocenters. The van der Waals surface area contributed by atoms with E-state index in [0.717, 1.165) is 55.7 Å². The minimum absolute atomic E-state index is 0.732. The van der Waals surface area contributed by atoms with Crippen molar-refractivity contribution in [2.24, 2.45) is 0 Å². The molecule has 3 aromatic heterocycles. The second-order valence-electron chi connectivity index (χ2n) is 9.71. The Kier molecular flexibility index (Phi) is 4.49. The van der Waals surface area contributed by atoms with Crippen molar-refractivity contribution in [3.8, 4) is 17.1 Å². The van der Waals surface area contributed by atoms with E-state index in [0.29, 0.717) is 0 Å². The average Bonchev–Trinajstić information content (AvgIpc) is 3.36. The number of hydrogen-bond donors (Lipinski definition) is 0. The first-order valence-electron chi connectivity index (χ1n) is 11.3. The molecule has 0 saturated carbocycles. The van der Waals surface area contributed by atoms with Gasteiger partial charge in [0.1, 0.15) is 0 Å². The maximum absolute atomic E-state index is 6.54. The molecule has 6 aromatic rings. The van der Waals surface area contributed by atoms with Gasteiger partial charge in [-0.15, -0.1) is 0 Å². The molecule has 0 fully saturated rings. The van der Waals surface area contributed by atoms with E-state index in [2.05, 4.69) is 100 Å². The number of nitrogens with zero attached hydrogens (tertiary/aromatic N) is 3. The summed E-state index contributed by atoms with van der Waals surface area (Å²) in [7, 11) is 0. The molecule has 0 N–H and O–H groups in total. The van der Waals surface area contributed by atoms with E-state index >= 15 is 0 Å². The number of aryl methyl sites for hydroxylation is 1. The van der Waals surface area contributed by atoms with E-state index in [4.69, 9.17) is 9.40 Å². The van der Waals surface area contributed by atoms with Crippen LogP contribution in [0.1, 0.15) is 5.56 Å². The summed E-state index contributed by atoms with van der Waals surface area (Å²) >= 11 is -1.97. The number of furan rings is 1. The summed E-state index contributed by atoms with van der Waals surface area (Å²) in [6.07, 6.45) is 1.87. The monoisotopic (exact) mass is 493 g/mol. The topological polar surface area (TPSA) is 43.9 Å².